The highest BCUT2D eigenvalue weighted by Crippen LogP contribution is 2.28. The van der Waals surface area contributed by atoms with Crippen LogP contribution in [0.3, 0.4) is 0 Å². The molecular weight excluding hydrogens is 288 g/mol. The van der Waals surface area contributed by atoms with Crippen LogP contribution in [-0.2, 0) is 20.7 Å². The first kappa shape index (κ1) is 15.8. The summed E-state index contributed by atoms with van der Waals surface area (Å²) in [5, 5.41) is 12.3. The van der Waals surface area contributed by atoms with Gasteiger partial charge in [-0.3, -0.25) is 4.79 Å². The Morgan fingerprint density at radius 3 is 2.77 bits per heavy atom. The number of aromatic amines is 1. The standard InChI is InChI=1S/C15H18N2O5/c1-21-8-11(15(19)20)17-13(18)6-9-7-16-10-4-3-5-12(22-2)14(9)10/h3-5,7,11,16H,6,8H2,1-2H3,(H,17,18)(H,19,20). The van der Waals surface area contributed by atoms with E-state index in [9.17, 15) is 9.59 Å². The molecule has 0 bridgehead atoms. The highest BCUT2D eigenvalue weighted by atomic mass is 16.5. The summed E-state index contributed by atoms with van der Waals surface area (Å²) < 4.78 is 10.1. The molecule has 0 spiro atoms. The summed E-state index contributed by atoms with van der Waals surface area (Å²) in [5.74, 6) is -0.865. The predicted octanol–water partition coefficient (Wildman–Crippen LogP) is 0.935. The number of amides is 1. The lowest BCUT2D eigenvalue weighted by molar-refractivity contribution is -0.143. The fourth-order valence-electron chi connectivity index (χ4n) is 2.29. The number of carbonyl (C=O) groups excluding carboxylic acids is 1. The molecule has 0 aliphatic heterocycles. The van der Waals surface area contributed by atoms with Gasteiger partial charge in [0.05, 0.1) is 20.1 Å². The van der Waals surface area contributed by atoms with Gasteiger partial charge in [0.15, 0.2) is 6.04 Å². The number of benzene rings is 1. The van der Waals surface area contributed by atoms with Crippen molar-refractivity contribution in [2.24, 2.45) is 0 Å². The molecule has 0 fully saturated rings. The first-order valence-electron chi connectivity index (χ1n) is 6.71. The number of nitrogens with one attached hydrogen (secondary N) is 2. The Balaban J connectivity index is 2.17. The molecule has 1 aromatic heterocycles. The van der Waals surface area contributed by atoms with Crippen molar-refractivity contribution in [1.29, 1.82) is 0 Å². The summed E-state index contributed by atoms with van der Waals surface area (Å²) in [6.45, 7) is -0.0850. The average Bonchev–Trinajstić information content (AvgIpc) is 2.89. The van der Waals surface area contributed by atoms with Crippen molar-refractivity contribution in [2.45, 2.75) is 12.5 Å². The molecule has 0 radical (unpaired) electrons. The third kappa shape index (κ3) is 3.37. The summed E-state index contributed by atoms with van der Waals surface area (Å²) >= 11 is 0. The number of carbonyl (C=O) groups is 2. The lowest BCUT2D eigenvalue weighted by atomic mass is 10.1. The minimum absolute atomic E-state index is 0.0495. The topological polar surface area (TPSA) is 101 Å². The van der Waals surface area contributed by atoms with E-state index in [0.717, 1.165) is 16.5 Å². The second-order valence-electron chi connectivity index (χ2n) is 4.79. The van der Waals surface area contributed by atoms with E-state index in [2.05, 4.69) is 10.3 Å². The lowest BCUT2D eigenvalue weighted by Gasteiger charge is -2.13. The number of rotatable bonds is 7. The molecule has 22 heavy (non-hydrogen) atoms. The zero-order chi connectivity index (χ0) is 16.1. The number of ether oxygens (including phenoxy) is 2. The molecule has 7 heteroatoms. The monoisotopic (exact) mass is 306 g/mol. The van der Waals surface area contributed by atoms with Gasteiger partial charge in [-0.1, -0.05) is 6.07 Å². The Morgan fingerprint density at radius 1 is 1.36 bits per heavy atom. The second kappa shape index (κ2) is 6.95. The molecular formula is C15H18N2O5. The van der Waals surface area contributed by atoms with Crippen LogP contribution in [-0.4, -0.2) is 48.8 Å². The number of carboxylic acid groups (broad SMARTS) is 1. The Morgan fingerprint density at radius 2 is 2.14 bits per heavy atom. The lowest BCUT2D eigenvalue weighted by Crippen LogP contribution is -2.44. The maximum absolute atomic E-state index is 12.1. The van der Waals surface area contributed by atoms with Crippen LogP contribution in [0.15, 0.2) is 24.4 Å². The zero-order valence-corrected chi connectivity index (χ0v) is 12.4. The van der Waals surface area contributed by atoms with Crippen LogP contribution in [0.2, 0.25) is 0 Å². The molecule has 1 amide bonds. The highest BCUT2D eigenvalue weighted by Gasteiger charge is 2.20. The Bertz CT molecular complexity index is 680. The molecule has 1 heterocycles. The first-order valence-corrected chi connectivity index (χ1v) is 6.71. The molecule has 1 unspecified atom stereocenters. The van der Waals surface area contributed by atoms with E-state index in [1.807, 2.05) is 18.2 Å². The second-order valence-corrected chi connectivity index (χ2v) is 4.79. The average molecular weight is 306 g/mol. The van der Waals surface area contributed by atoms with E-state index < -0.39 is 17.9 Å². The third-order valence-electron chi connectivity index (χ3n) is 3.29. The predicted molar refractivity (Wildman–Crippen MR) is 80.0 cm³/mol. The van der Waals surface area contributed by atoms with Crippen LogP contribution in [0.4, 0.5) is 0 Å². The summed E-state index contributed by atoms with van der Waals surface area (Å²) in [6.07, 6.45) is 1.77. The van der Waals surface area contributed by atoms with E-state index in [1.54, 1.807) is 13.3 Å². The van der Waals surface area contributed by atoms with Crippen LogP contribution in [0.1, 0.15) is 5.56 Å². The number of H-pyrrole nitrogens is 1. The highest BCUT2D eigenvalue weighted by molar-refractivity contribution is 5.94. The summed E-state index contributed by atoms with van der Waals surface area (Å²) in [7, 11) is 2.94. The van der Waals surface area contributed by atoms with Gasteiger partial charge in [0.2, 0.25) is 5.91 Å². The Hall–Kier alpha value is -2.54. The summed E-state index contributed by atoms with van der Waals surface area (Å²) in [4.78, 5) is 26.1. The van der Waals surface area contributed by atoms with Crippen molar-refractivity contribution in [3.05, 3.63) is 30.0 Å². The van der Waals surface area contributed by atoms with E-state index in [4.69, 9.17) is 14.6 Å². The van der Waals surface area contributed by atoms with Crippen LogP contribution < -0.4 is 10.1 Å². The van der Waals surface area contributed by atoms with E-state index in [0.29, 0.717) is 5.75 Å². The molecule has 7 nitrogen and oxygen atoms in total. The van der Waals surface area contributed by atoms with E-state index in [1.165, 1.54) is 7.11 Å². The number of methoxy groups -OCH3 is 2. The van der Waals surface area contributed by atoms with Gasteiger partial charge in [-0.25, -0.2) is 4.79 Å². The molecule has 118 valence electrons. The number of hydrogen-bond donors (Lipinski definition) is 3. The number of aliphatic carboxylic acids is 1. The third-order valence-corrected chi connectivity index (χ3v) is 3.29. The van der Waals surface area contributed by atoms with Gasteiger partial charge < -0.3 is 24.9 Å². The van der Waals surface area contributed by atoms with Crippen molar-refractivity contribution in [2.75, 3.05) is 20.8 Å². The van der Waals surface area contributed by atoms with Crippen molar-refractivity contribution in [3.8, 4) is 5.75 Å². The number of aromatic nitrogens is 1. The van der Waals surface area contributed by atoms with Crippen molar-refractivity contribution >= 4 is 22.8 Å². The smallest absolute Gasteiger partial charge is 0.328 e. The first-order chi connectivity index (χ1) is 10.6. The summed E-state index contributed by atoms with van der Waals surface area (Å²) in [5.41, 5.74) is 1.60. The minimum Gasteiger partial charge on any atom is -0.496 e. The molecule has 0 saturated carbocycles. The van der Waals surface area contributed by atoms with Crippen molar-refractivity contribution < 1.29 is 24.2 Å². The van der Waals surface area contributed by atoms with Gasteiger partial charge in [0, 0.05) is 24.2 Å². The normalized spacial score (nSPS) is 12.1. The Labute approximate surface area is 127 Å². The maximum atomic E-state index is 12.1. The molecule has 1 atom stereocenters. The quantitative estimate of drug-likeness (QED) is 0.706. The Kier molecular flexibility index (Phi) is 5.00. The fourth-order valence-corrected chi connectivity index (χ4v) is 2.29. The molecule has 1 aromatic carbocycles. The summed E-state index contributed by atoms with van der Waals surface area (Å²) in [6, 6.07) is 4.47. The van der Waals surface area contributed by atoms with Crippen LogP contribution in [0.25, 0.3) is 10.9 Å². The van der Waals surface area contributed by atoms with Gasteiger partial charge >= 0.3 is 5.97 Å². The van der Waals surface area contributed by atoms with Crippen LogP contribution in [0.5, 0.6) is 5.75 Å². The molecule has 2 rings (SSSR count). The number of fused-ring (bicyclic) bond motifs is 1. The van der Waals surface area contributed by atoms with Crippen LogP contribution >= 0.6 is 0 Å². The molecule has 2 aromatic rings. The molecule has 0 aliphatic carbocycles. The van der Waals surface area contributed by atoms with Crippen LogP contribution in [0, 0.1) is 0 Å². The molecule has 0 saturated heterocycles. The fraction of sp³-hybridized carbons (Fsp3) is 0.333. The van der Waals surface area contributed by atoms with Gasteiger partial charge in [-0.05, 0) is 17.7 Å². The van der Waals surface area contributed by atoms with Gasteiger partial charge in [0.1, 0.15) is 5.75 Å². The SMILES string of the molecule is COCC(NC(=O)Cc1c[nH]c2cccc(OC)c12)C(=O)O. The van der Waals surface area contributed by atoms with E-state index >= 15 is 0 Å². The van der Waals surface area contributed by atoms with E-state index in [-0.39, 0.29) is 13.0 Å². The van der Waals surface area contributed by atoms with Crippen molar-refractivity contribution in [1.82, 2.24) is 10.3 Å². The zero-order valence-electron chi connectivity index (χ0n) is 12.4. The maximum Gasteiger partial charge on any atom is 0.328 e. The minimum atomic E-state index is -1.13. The number of carboxylic acids is 1. The van der Waals surface area contributed by atoms with Gasteiger partial charge in [0.25, 0.3) is 0 Å². The van der Waals surface area contributed by atoms with Gasteiger partial charge in [-0.2, -0.15) is 0 Å². The molecule has 3 N–H and O–H groups in total. The van der Waals surface area contributed by atoms with Gasteiger partial charge in [-0.15, -0.1) is 0 Å². The largest absolute Gasteiger partial charge is 0.496 e. The van der Waals surface area contributed by atoms with Crippen molar-refractivity contribution in [3.63, 3.8) is 0 Å². The number of hydrogen-bond acceptors (Lipinski definition) is 4. The molecule has 0 aliphatic rings.